The Hall–Kier alpha value is -3.10. The van der Waals surface area contributed by atoms with Crippen LogP contribution in [0.4, 0.5) is 5.69 Å². The second kappa shape index (κ2) is 8.20. The Bertz CT molecular complexity index is 1260. The number of aromatic carboxylic acids is 1. The first-order valence-corrected chi connectivity index (χ1v) is 12.0. The number of anilines is 1. The van der Waals surface area contributed by atoms with Crippen LogP contribution in [0.2, 0.25) is 0 Å². The Morgan fingerprint density at radius 3 is 2.55 bits per heavy atom. The number of benzene rings is 2. The lowest BCUT2D eigenvalue weighted by Gasteiger charge is -2.28. The minimum Gasteiger partial charge on any atom is -0.478 e. The molecule has 3 aromatic rings. The van der Waals surface area contributed by atoms with Gasteiger partial charge in [0.25, 0.3) is 10.0 Å². The summed E-state index contributed by atoms with van der Waals surface area (Å²) in [5.41, 5.74) is 3.46. The fraction of sp³-hybridized carbons (Fsp3) is 0.174. The van der Waals surface area contributed by atoms with Crippen molar-refractivity contribution in [1.82, 2.24) is 4.90 Å². The smallest absolute Gasteiger partial charge is 0.337 e. The second-order valence-corrected chi connectivity index (χ2v) is 10.5. The van der Waals surface area contributed by atoms with E-state index in [1.54, 1.807) is 18.2 Å². The van der Waals surface area contributed by atoms with Crippen LogP contribution in [-0.4, -0.2) is 30.9 Å². The van der Waals surface area contributed by atoms with Crippen molar-refractivity contribution in [2.24, 2.45) is 0 Å². The minimum atomic E-state index is -3.94. The van der Waals surface area contributed by atoms with E-state index >= 15 is 0 Å². The van der Waals surface area contributed by atoms with E-state index in [-0.39, 0.29) is 15.5 Å². The third-order valence-corrected chi connectivity index (χ3v) is 8.33. The van der Waals surface area contributed by atoms with Crippen LogP contribution >= 0.6 is 11.3 Å². The Morgan fingerprint density at radius 2 is 1.87 bits per heavy atom. The lowest BCUT2D eigenvalue weighted by Crippen LogP contribution is -2.27. The normalized spacial score (nSPS) is 13.5. The first kappa shape index (κ1) is 21.1. The number of fused-ring (bicyclic) bond motifs is 1. The third kappa shape index (κ3) is 4.35. The van der Waals surface area contributed by atoms with Crippen molar-refractivity contribution < 1.29 is 18.3 Å². The van der Waals surface area contributed by atoms with Gasteiger partial charge < -0.3 is 10.0 Å². The van der Waals surface area contributed by atoms with E-state index in [1.807, 2.05) is 37.3 Å². The summed E-state index contributed by atoms with van der Waals surface area (Å²) >= 11 is 1.24. The number of carbonyl (C=O) groups is 1. The maximum atomic E-state index is 13.1. The van der Waals surface area contributed by atoms with Crippen LogP contribution < -0.4 is 4.72 Å². The largest absolute Gasteiger partial charge is 0.478 e. The van der Waals surface area contributed by atoms with E-state index in [2.05, 4.69) is 16.2 Å². The van der Waals surface area contributed by atoms with Crippen molar-refractivity contribution in [3.8, 4) is 11.1 Å². The van der Waals surface area contributed by atoms with Crippen LogP contribution in [0.3, 0.4) is 0 Å². The molecular formula is C23H22N2O4S2. The average Bonchev–Trinajstić information content (AvgIpc) is 3.18. The van der Waals surface area contributed by atoms with E-state index in [9.17, 15) is 18.3 Å². The second-order valence-electron chi connectivity index (χ2n) is 7.46. The number of carboxylic acid groups (broad SMARTS) is 1. The minimum absolute atomic E-state index is 0.0452. The molecule has 4 rings (SSSR count). The molecule has 1 aromatic heterocycles. The number of allylic oxidation sites excluding steroid dienone is 1. The molecule has 8 heteroatoms. The zero-order valence-corrected chi connectivity index (χ0v) is 18.6. The van der Waals surface area contributed by atoms with Gasteiger partial charge in [0.15, 0.2) is 0 Å². The zero-order valence-electron chi connectivity index (χ0n) is 17.0. The monoisotopic (exact) mass is 454 g/mol. The van der Waals surface area contributed by atoms with Gasteiger partial charge in [-0.05, 0) is 48.2 Å². The van der Waals surface area contributed by atoms with Gasteiger partial charge in [-0.1, -0.05) is 43.0 Å². The molecule has 0 fully saturated rings. The molecule has 6 nitrogen and oxygen atoms in total. The van der Waals surface area contributed by atoms with E-state index in [1.165, 1.54) is 17.4 Å². The van der Waals surface area contributed by atoms with Gasteiger partial charge in [0.05, 0.1) is 11.3 Å². The van der Waals surface area contributed by atoms with E-state index in [0.29, 0.717) is 6.54 Å². The number of nitrogens with zero attached hydrogens (tertiary/aromatic N) is 1. The van der Waals surface area contributed by atoms with Crippen LogP contribution in [0.5, 0.6) is 0 Å². The summed E-state index contributed by atoms with van der Waals surface area (Å²) in [6.45, 7) is 7.33. The van der Waals surface area contributed by atoms with Gasteiger partial charge in [-0.2, -0.15) is 0 Å². The molecule has 160 valence electrons. The lowest BCUT2D eigenvalue weighted by molar-refractivity contribution is 0.0698. The van der Waals surface area contributed by atoms with Gasteiger partial charge in [0.1, 0.15) is 4.21 Å². The Morgan fingerprint density at radius 1 is 1.13 bits per heavy atom. The van der Waals surface area contributed by atoms with Crippen molar-refractivity contribution in [3.05, 3.63) is 82.9 Å². The van der Waals surface area contributed by atoms with Gasteiger partial charge in [-0.15, -0.1) is 11.3 Å². The molecule has 0 atom stereocenters. The van der Waals surface area contributed by atoms with Crippen LogP contribution in [0.25, 0.3) is 11.1 Å². The highest BCUT2D eigenvalue weighted by Gasteiger charge is 2.26. The summed E-state index contributed by atoms with van der Waals surface area (Å²) in [6.07, 6.45) is 0.756. The predicted molar refractivity (Wildman–Crippen MR) is 123 cm³/mol. The molecule has 1 aliphatic rings. The molecule has 0 spiro atoms. The summed E-state index contributed by atoms with van der Waals surface area (Å²) < 4.78 is 29.0. The number of hydrogen-bond acceptors (Lipinski definition) is 5. The molecule has 0 radical (unpaired) electrons. The Kier molecular flexibility index (Phi) is 5.60. The summed E-state index contributed by atoms with van der Waals surface area (Å²) in [5.74, 6) is -1.19. The number of hydrogen-bond donors (Lipinski definition) is 2. The molecule has 0 bridgehead atoms. The molecule has 2 N–H and O–H groups in total. The average molecular weight is 455 g/mol. The maximum Gasteiger partial charge on any atom is 0.337 e. The molecule has 0 aliphatic carbocycles. The summed E-state index contributed by atoms with van der Waals surface area (Å²) in [7, 11) is -3.94. The van der Waals surface area contributed by atoms with Crippen LogP contribution in [0.1, 0.15) is 27.7 Å². The standard InChI is InChI=1S/C23H22N2O4S2/c1-15(2)25-11-10-21-18(14-25)13-22(30-21)31(28,29)24-20-12-17(8-9-19(20)23(26)27)16-6-4-3-5-7-16/h3-9,12-13,24H,1,10-11,14H2,2H3,(H,26,27). The predicted octanol–water partition coefficient (Wildman–Crippen LogP) is 4.81. The van der Waals surface area contributed by atoms with Crippen LogP contribution in [-0.2, 0) is 23.0 Å². The van der Waals surface area contributed by atoms with Gasteiger partial charge in [0, 0.05) is 23.7 Å². The molecule has 1 aliphatic heterocycles. The van der Waals surface area contributed by atoms with Gasteiger partial charge >= 0.3 is 5.97 Å². The topological polar surface area (TPSA) is 86.7 Å². The van der Waals surface area contributed by atoms with Crippen molar-refractivity contribution in [1.29, 1.82) is 0 Å². The number of sulfonamides is 1. The third-order valence-electron chi connectivity index (χ3n) is 5.25. The molecule has 0 saturated heterocycles. The van der Waals surface area contributed by atoms with E-state index < -0.39 is 16.0 Å². The van der Waals surface area contributed by atoms with E-state index in [4.69, 9.17) is 0 Å². The summed E-state index contributed by atoms with van der Waals surface area (Å²) in [6, 6.07) is 15.7. The maximum absolute atomic E-state index is 13.1. The first-order chi connectivity index (χ1) is 14.7. The number of carboxylic acids is 1. The van der Waals surface area contributed by atoms with Crippen molar-refractivity contribution in [3.63, 3.8) is 0 Å². The highest BCUT2D eigenvalue weighted by Crippen LogP contribution is 2.34. The van der Waals surface area contributed by atoms with Gasteiger partial charge in [0.2, 0.25) is 0 Å². The molecular weight excluding hydrogens is 432 g/mol. The number of rotatable bonds is 6. The number of nitrogens with one attached hydrogen (secondary N) is 1. The van der Waals surface area contributed by atoms with Gasteiger partial charge in [-0.25, -0.2) is 13.2 Å². The van der Waals surface area contributed by atoms with Crippen molar-refractivity contribution in [2.45, 2.75) is 24.1 Å². The van der Waals surface area contributed by atoms with Crippen LogP contribution in [0, 0.1) is 0 Å². The quantitative estimate of drug-likeness (QED) is 0.558. The number of thiophene rings is 1. The summed E-state index contributed by atoms with van der Waals surface area (Å²) in [4.78, 5) is 14.9. The fourth-order valence-electron chi connectivity index (χ4n) is 3.58. The molecule has 0 saturated carbocycles. The zero-order chi connectivity index (χ0) is 22.2. The molecule has 2 heterocycles. The van der Waals surface area contributed by atoms with Crippen molar-refractivity contribution >= 4 is 33.0 Å². The Labute approximate surface area is 185 Å². The summed E-state index contributed by atoms with van der Waals surface area (Å²) in [5, 5.41) is 9.56. The highest BCUT2D eigenvalue weighted by atomic mass is 32.2. The fourth-order valence-corrected chi connectivity index (χ4v) is 6.20. The molecule has 2 aromatic carbocycles. The molecule has 31 heavy (non-hydrogen) atoms. The molecule has 0 unspecified atom stereocenters. The van der Waals surface area contributed by atoms with E-state index in [0.717, 1.165) is 40.2 Å². The lowest BCUT2D eigenvalue weighted by atomic mass is 10.0. The van der Waals surface area contributed by atoms with Crippen molar-refractivity contribution in [2.75, 3.05) is 11.3 Å². The Balaban J connectivity index is 1.68. The highest BCUT2D eigenvalue weighted by molar-refractivity contribution is 7.94. The van der Waals surface area contributed by atoms with Gasteiger partial charge in [-0.3, -0.25) is 4.72 Å². The van der Waals surface area contributed by atoms with Crippen LogP contribution in [0.15, 0.2) is 71.1 Å². The SMILES string of the molecule is C=C(C)N1CCc2sc(S(=O)(=O)Nc3cc(-c4ccccc4)ccc3C(=O)O)cc2C1. The first-order valence-electron chi connectivity index (χ1n) is 9.72. The molecule has 0 amide bonds.